The van der Waals surface area contributed by atoms with E-state index in [1.807, 2.05) is 41.2 Å². The fourth-order valence-electron chi connectivity index (χ4n) is 5.60. The standard InChI is InChI=1S/C29H33N5O/c1-4-34-20-23(19-31-34)21-10-9-11-22(18-21)27(29(33(2)3)15-7-8-16-29)32-28(35)25-14-17-30-26-13-6-5-12-24(25)26/h5-6,9-14,17-20,27H,4,7-8,15-16H2,1-3H3,(H,32,35). The number of benzene rings is 2. The molecule has 35 heavy (non-hydrogen) atoms. The summed E-state index contributed by atoms with van der Waals surface area (Å²) < 4.78 is 1.94. The van der Waals surface area contributed by atoms with Crippen LogP contribution < -0.4 is 5.32 Å². The lowest BCUT2D eigenvalue weighted by atomic mass is 9.81. The van der Waals surface area contributed by atoms with Gasteiger partial charge in [-0.05, 0) is 63.2 Å². The number of aromatic nitrogens is 3. The summed E-state index contributed by atoms with van der Waals surface area (Å²) in [6.07, 6.45) is 10.1. The lowest BCUT2D eigenvalue weighted by molar-refractivity contribution is 0.0767. The quantitative estimate of drug-likeness (QED) is 0.392. The summed E-state index contributed by atoms with van der Waals surface area (Å²) in [7, 11) is 4.28. The van der Waals surface area contributed by atoms with Gasteiger partial charge in [0.2, 0.25) is 0 Å². The third-order valence-electron chi connectivity index (χ3n) is 7.58. The fourth-order valence-corrected chi connectivity index (χ4v) is 5.60. The number of rotatable bonds is 7. The Hall–Kier alpha value is -3.51. The molecule has 1 fully saturated rings. The van der Waals surface area contributed by atoms with Gasteiger partial charge >= 0.3 is 0 Å². The molecule has 1 aliphatic carbocycles. The van der Waals surface area contributed by atoms with E-state index in [0.29, 0.717) is 5.56 Å². The molecule has 1 N–H and O–H groups in total. The van der Waals surface area contributed by atoms with Gasteiger partial charge in [0.15, 0.2) is 0 Å². The van der Waals surface area contributed by atoms with Crippen LogP contribution in [0.15, 0.2) is 73.2 Å². The van der Waals surface area contributed by atoms with Crippen molar-refractivity contribution in [2.45, 2.75) is 50.7 Å². The first-order valence-electron chi connectivity index (χ1n) is 12.5. The van der Waals surface area contributed by atoms with Gasteiger partial charge in [-0.25, -0.2) is 0 Å². The smallest absolute Gasteiger partial charge is 0.252 e. The molecular weight excluding hydrogens is 434 g/mol. The summed E-state index contributed by atoms with van der Waals surface area (Å²) in [5.41, 5.74) is 4.66. The Kier molecular flexibility index (Phi) is 6.39. The maximum absolute atomic E-state index is 13.8. The van der Waals surface area contributed by atoms with Gasteiger partial charge in [0.05, 0.1) is 23.3 Å². The van der Waals surface area contributed by atoms with Gasteiger partial charge in [0.1, 0.15) is 0 Å². The first kappa shape index (κ1) is 23.2. The van der Waals surface area contributed by atoms with Gasteiger partial charge in [0, 0.05) is 35.4 Å². The van der Waals surface area contributed by atoms with Crippen molar-refractivity contribution in [1.29, 1.82) is 0 Å². The molecule has 2 aromatic carbocycles. The van der Waals surface area contributed by atoms with Crippen LogP contribution in [0.2, 0.25) is 0 Å². The van der Waals surface area contributed by atoms with Crippen LogP contribution >= 0.6 is 0 Å². The Morgan fingerprint density at radius 3 is 2.63 bits per heavy atom. The van der Waals surface area contributed by atoms with Crippen LogP contribution in [0.1, 0.15) is 54.6 Å². The van der Waals surface area contributed by atoms with Crippen molar-refractivity contribution in [2.24, 2.45) is 0 Å². The SMILES string of the molecule is CCn1cc(-c2cccc(C(NC(=O)c3ccnc4ccccc34)C3(N(C)C)CCCC3)c2)cn1. The van der Waals surface area contributed by atoms with Crippen LogP contribution in [0.4, 0.5) is 0 Å². The Labute approximate surface area is 207 Å². The first-order valence-corrected chi connectivity index (χ1v) is 12.5. The summed E-state index contributed by atoms with van der Waals surface area (Å²) in [5, 5.41) is 8.80. The zero-order chi connectivity index (χ0) is 24.4. The minimum Gasteiger partial charge on any atom is -0.343 e. The number of pyridine rings is 1. The zero-order valence-electron chi connectivity index (χ0n) is 20.7. The highest BCUT2D eigenvalue weighted by Crippen LogP contribution is 2.44. The molecule has 0 bridgehead atoms. The van der Waals surface area contributed by atoms with E-state index < -0.39 is 0 Å². The average Bonchev–Trinajstić information content (AvgIpc) is 3.58. The zero-order valence-corrected chi connectivity index (χ0v) is 20.7. The monoisotopic (exact) mass is 467 g/mol. The van der Waals surface area contributed by atoms with Gasteiger partial charge in [-0.2, -0.15) is 5.10 Å². The molecule has 1 amide bonds. The third-order valence-corrected chi connectivity index (χ3v) is 7.58. The van der Waals surface area contributed by atoms with Gasteiger partial charge in [-0.1, -0.05) is 49.2 Å². The topological polar surface area (TPSA) is 63.1 Å². The van der Waals surface area contributed by atoms with E-state index in [2.05, 4.69) is 71.8 Å². The van der Waals surface area contributed by atoms with Crippen LogP contribution in [0.25, 0.3) is 22.0 Å². The maximum Gasteiger partial charge on any atom is 0.252 e. The number of carbonyl (C=O) groups is 1. The maximum atomic E-state index is 13.8. The molecule has 1 saturated carbocycles. The lowest BCUT2D eigenvalue weighted by Gasteiger charge is -2.44. The normalized spacial score (nSPS) is 16.0. The highest BCUT2D eigenvalue weighted by molar-refractivity contribution is 6.06. The van der Waals surface area contributed by atoms with E-state index in [9.17, 15) is 4.79 Å². The molecule has 0 saturated heterocycles. The van der Waals surface area contributed by atoms with E-state index >= 15 is 0 Å². The molecule has 180 valence electrons. The van der Waals surface area contributed by atoms with Crippen molar-refractivity contribution in [3.05, 3.63) is 84.3 Å². The predicted molar refractivity (Wildman–Crippen MR) is 140 cm³/mol. The Morgan fingerprint density at radius 2 is 1.89 bits per heavy atom. The van der Waals surface area contributed by atoms with Crippen molar-refractivity contribution in [3.63, 3.8) is 0 Å². The molecule has 2 aromatic heterocycles. The Bertz CT molecular complexity index is 1330. The van der Waals surface area contributed by atoms with Crippen LogP contribution in [0, 0.1) is 0 Å². The Balaban J connectivity index is 1.57. The molecule has 1 atom stereocenters. The number of fused-ring (bicyclic) bond motifs is 1. The first-order chi connectivity index (χ1) is 17.0. The highest BCUT2D eigenvalue weighted by atomic mass is 16.1. The number of amides is 1. The summed E-state index contributed by atoms with van der Waals surface area (Å²) >= 11 is 0. The van der Waals surface area contributed by atoms with Gasteiger partial charge in [0.25, 0.3) is 5.91 Å². The summed E-state index contributed by atoms with van der Waals surface area (Å²) in [4.78, 5) is 20.5. The largest absolute Gasteiger partial charge is 0.343 e. The molecule has 1 aliphatic rings. The van der Waals surface area contributed by atoms with Crippen molar-refractivity contribution in [2.75, 3.05) is 14.1 Å². The van der Waals surface area contributed by atoms with Gasteiger partial charge < -0.3 is 10.2 Å². The van der Waals surface area contributed by atoms with Gasteiger partial charge in [-0.3, -0.25) is 14.5 Å². The molecular formula is C29H33N5O. The van der Waals surface area contributed by atoms with Crippen LogP contribution in [0.3, 0.4) is 0 Å². The second kappa shape index (κ2) is 9.62. The minimum absolute atomic E-state index is 0.0640. The number of aryl methyl sites for hydroxylation is 1. The van der Waals surface area contributed by atoms with Crippen molar-refractivity contribution in [3.8, 4) is 11.1 Å². The second-order valence-corrected chi connectivity index (χ2v) is 9.70. The number of hydrogen-bond donors (Lipinski definition) is 1. The molecule has 4 aromatic rings. The van der Waals surface area contributed by atoms with Crippen LogP contribution in [0.5, 0.6) is 0 Å². The number of likely N-dealkylation sites (N-methyl/N-ethyl adjacent to an activating group) is 1. The van der Waals surface area contributed by atoms with E-state index in [1.54, 1.807) is 6.20 Å². The van der Waals surface area contributed by atoms with Crippen molar-refractivity contribution < 1.29 is 4.79 Å². The molecule has 0 spiro atoms. The third kappa shape index (κ3) is 4.34. The van der Waals surface area contributed by atoms with E-state index in [1.165, 1.54) is 0 Å². The molecule has 5 rings (SSSR count). The van der Waals surface area contributed by atoms with E-state index in [4.69, 9.17) is 0 Å². The molecule has 2 heterocycles. The molecule has 6 nitrogen and oxygen atoms in total. The van der Waals surface area contributed by atoms with E-state index in [0.717, 1.165) is 59.8 Å². The number of carbonyl (C=O) groups excluding carboxylic acids is 1. The molecule has 0 radical (unpaired) electrons. The second-order valence-electron chi connectivity index (χ2n) is 9.70. The minimum atomic E-state index is -0.152. The predicted octanol–water partition coefficient (Wildman–Crippen LogP) is 5.46. The molecule has 0 aliphatic heterocycles. The number of para-hydroxylation sites is 1. The summed E-state index contributed by atoms with van der Waals surface area (Å²) in [6, 6.07) is 18.1. The molecule has 6 heteroatoms. The van der Waals surface area contributed by atoms with Crippen molar-refractivity contribution >= 4 is 16.8 Å². The molecule has 1 unspecified atom stereocenters. The average molecular weight is 468 g/mol. The Morgan fingerprint density at radius 1 is 1.09 bits per heavy atom. The van der Waals surface area contributed by atoms with E-state index in [-0.39, 0.29) is 17.5 Å². The van der Waals surface area contributed by atoms with Crippen LogP contribution in [-0.2, 0) is 6.54 Å². The van der Waals surface area contributed by atoms with Crippen LogP contribution in [-0.4, -0.2) is 45.2 Å². The number of hydrogen-bond acceptors (Lipinski definition) is 4. The number of nitrogens with one attached hydrogen (secondary N) is 1. The summed E-state index contributed by atoms with van der Waals surface area (Å²) in [5.74, 6) is -0.0640. The number of nitrogens with zero attached hydrogens (tertiary/aromatic N) is 4. The highest BCUT2D eigenvalue weighted by Gasteiger charge is 2.45. The fraction of sp³-hybridized carbons (Fsp3) is 0.345. The lowest BCUT2D eigenvalue weighted by Crippen LogP contribution is -2.53. The van der Waals surface area contributed by atoms with Crippen molar-refractivity contribution in [1.82, 2.24) is 25.0 Å². The summed E-state index contributed by atoms with van der Waals surface area (Å²) in [6.45, 7) is 2.92. The van der Waals surface area contributed by atoms with Gasteiger partial charge in [-0.15, -0.1) is 0 Å².